The minimum atomic E-state index is 0.236. The van der Waals surface area contributed by atoms with Crippen LogP contribution in [0.5, 0.6) is 0 Å². The maximum absolute atomic E-state index is 11.3. The topological polar surface area (TPSA) is 32.7 Å². The maximum Gasteiger partial charge on any atom is 0.138 e. The van der Waals surface area contributed by atoms with Crippen molar-refractivity contribution in [2.75, 3.05) is 7.05 Å². The molecule has 3 nitrogen and oxygen atoms in total. The molecule has 0 bridgehead atoms. The fourth-order valence-electron chi connectivity index (χ4n) is 1.62. The van der Waals surface area contributed by atoms with E-state index in [9.17, 15) is 4.79 Å². The molecule has 0 atom stereocenters. The van der Waals surface area contributed by atoms with Crippen LogP contribution in [0.2, 0.25) is 0 Å². The molecular weight excluding hydrogens is 212 g/mol. The second kappa shape index (κ2) is 6.84. The molecule has 0 fully saturated rings. The summed E-state index contributed by atoms with van der Waals surface area (Å²) in [6, 6.07) is 10.2. The van der Waals surface area contributed by atoms with Crippen LogP contribution in [0.3, 0.4) is 0 Å². The monoisotopic (exact) mass is 232 g/mol. The number of nitrogens with zero attached hydrogens (tertiary/aromatic N) is 2. The lowest BCUT2D eigenvalue weighted by atomic mass is 10.2. The summed E-state index contributed by atoms with van der Waals surface area (Å²) < 4.78 is 0. The van der Waals surface area contributed by atoms with Gasteiger partial charge in [0.1, 0.15) is 5.78 Å². The Bertz CT molecular complexity index is 384. The van der Waals surface area contributed by atoms with Crippen molar-refractivity contribution in [1.82, 2.24) is 5.01 Å². The Balaban J connectivity index is 2.51. The zero-order valence-corrected chi connectivity index (χ0v) is 10.8. The number of benzene rings is 1. The molecule has 0 N–H and O–H groups in total. The van der Waals surface area contributed by atoms with Gasteiger partial charge in [-0.05, 0) is 12.5 Å². The first kappa shape index (κ1) is 13.4. The van der Waals surface area contributed by atoms with Crippen LogP contribution in [0, 0.1) is 0 Å². The van der Waals surface area contributed by atoms with Gasteiger partial charge >= 0.3 is 0 Å². The smallest absolute Gasteiger partial charge is 0.138 e. The number of Topliss-reactive ketones (excluding diaryl/α,β-unsaturated/α-hetero) is 1. The van der Waals surface area contributed by atoms with Gasteiger partial charge in [-0.1, -0.05) is 37.3 Å². The molecule has 0 saturated carbocycles. The Hall–Kier alpha value is -1.64. The first-order valence-electron chi connectivity index (χ1n) is 5.92. The van der Waals surface area contributed by atoms with E-state index in [1.54, 1.807) is 0 Å². The number of carbonyl (C=O) groups is 1. The summed E-state index contributed by atoms with van der Waals surface area (Å²) in [6.07, 6.45) is 1.03. The molecule has 3 heteroatoms. The van der Waals surface area contributed by atoms with Gasteiger partial charge in [-0.2, -0.15) is 5.10 Å². The Morgan fingerprint density at radius 2 is 1.94 bits per heavy atom. The predicted molar refractivity (Wildman–Crippen MR) is 70.9 cm³/mol. The highest BCUT2D eigenvalue weighted by Gasteiger charge is 2.02. The molecule has 1 aromatic rings. The van der Waals surface area contributed by atoms with Gasteiger partial charge in [0.15, 0.2) is 0 Å². The van der Waals surface area contributed by atoms with Gasteiger partial charge in [-0.25, -0.2) is 0 Å². The summed E-state index contributed by atoms with van der Waals surface area (Å²) in [7, 11) is 1.92. The molecule has 0 amide bonds. The lowest BCUT2D eigenvalue weighted by Gasteiger charge is -2.14. The summed E-state index contributed by atoms with van der Waals surface area (Å²) >= 11 is 0. The van der Waals surface area contributed by atoms with E-state index in [4.69, 9.17) is 0 Å². The quantitative estimate of drug-likeness (QED) is 0.558. The van der Waals surface area contributed by atoms with Gasteiger partial charge in [0.05, 0.1) is 6.54 Å². The lowest BCUT2D eigenvalue weighted by Crippen LogP contribution is -2.14. The Morgan fingerprint density at radius 1 is 1.29 bits per heavy atom. The Kier molecular flexibility index (Phi) is 5.40. The SMILES string of the molecule is CCC(=O)C/C(C)=N/N(C)Cc1ccccc1. The molecule has 0 aromatic heterocycles. The highest BCUT2D eigenvalue weighted by Crippen LogP contribution is 2.03. The summed E-state index contributed by atoms with van der Waals surface area (Å²) in [5.74, 6) is 0.236. The third kappa shape index (κ3) is 5.29. The van der Waals surface area contributed by atoms with E-state index in [0.717, 1.165) is 12.3 Å². The number of hydrogen-bond acceptors (Lipinski definition) is 3. The van der Waals surface area contributed by atoms with Gasteiger partial charge in [0, 0.05) is 25.6 Å². The maximum atomic E-state index is 11.3. The molecule has 92 valence electrons. The molecular formula is C14H20N2O. The Morgan fingerprint density at radius 3 is 2.53 bits per heavy atom. The molecule has 0 aliphatic rings. The third-order valence-electron chi connectivity index (χ3n) is 2.44. The minimum Gasteiger partial charge on any atom is -0.299 e. The van der Waals surface area contributed by atoms with Crippen LogP contribution in [0.1, 0.15) is 32.3 Å². The zero-order valence-electron chi connectivity index (χ0n) is 10.8. The van der Waals surface area contributed by atoms with Crippen LogP contribution < -0.4 is 0 Å². The Labute approximate surface area is 103 Å². The fourth-order valence-corrected chi connectivity index (χ4v) is 1.62. The standard InChI is InChI=1S/C14H20N2O/c1-4-14(17)10-12(2)15-16(3)11-13-8-6-5-7-9-13/h5-9H,4,10-11H2,1-3H3/b15-12+. The average Bonchev–Trinajstić information content (AvgIpc) is 2.29. The van der Waals surface area contributed by atoms with Gasteiger partial charge < -0.3 is 0 Å². The van der Waals surface area contributed by atoms with E-state index in [0.29, 0.717) is 12.8 Å². The van der Waals surface area contributed by atoms with Crippen molar-refractivity contribution in [3.63, 3.8) is 0 Å². The number of ketones is 1. The minimum absolute atomic E-state index is 0.236. The van der Waals surface area contributed by atoms with E-state index in [1.165, 1.54) is 5.56 Å². The number of carbonyl (C=O) groups excluding carboxylic acids is 1. The average molecular weight is 232 g/mol. The second-order valence-electron chi connectivity index (χ2n) is 4.21. The highest BCUT2D eigenvalue weighted by atomic mass is 16.1. The van der Waals surface area contributed by atoms with E-state index >= 15 is 0 Å². The summed E-state index contributed by atoms with van der Waals surface area (Å²) in [4.78, 5) is 11.3. The fraction of sp³-hybridized carbons (Fsp3) is 0.429. The van der Waals surface area contributed by atoms with Crippen molar-refractivity contribution in [1.29, 1.82) is 0 Å². The predicted octanol–water partition coefficient (Wildman–Crippen LogP) is 2.86. The number of rotatable bonds is 6. The molecule has 0 heterocycles. The zero-order chi connectivity index (χ0) is 12.7. The molecule has 0 aliphatic heterocycles. The van der Waals surface area contributed by atoms with Crippen molar-refractivity contribution in [3.05, 3.63) is 35.9 Å². The molecule has 0 aliphatic carbocycles. The largest absolute Gasteiger partial charge is 0.299 e. The van der Waals surface area contributed by atoms with E-state index in [2.05, 4.69) is 17.2 Å². The lowest BCUT2D eigenvalue weighted by molar-refractivity contribution is -0.117. The van der Waals surface area contributed by atoms with Crippen molar-refractivity contribution in [3.8, 4) is 0 Å². The van der Waals surface area contributed by atoms with Gasteiger partial charge in [-0.3, -0.25) is 9.80 Å². The van der Waals surface area contributed by atoms with E-state index < -0.39 is 0 Å². The molecule has 0 saturated heterocycles. The highest BCUT2D eigenvalue weighted by molar-refractivity contribution is 6.00. The van der Waals surface area contributed by atoms with Crippen molar-refractivity contribution in [2.45, 2.75) is 33.2 Å². The molecule has 0 unspecified atom stereocenters. The van der Waals surface area contributed by atoms with Crippen LogP contribution in [-0.2, 0) is 11.3 Å². The van der Waals surface area contributed by atoms with Gasteiger partial charge in [0.2, 0.25) is 0 Å². The first-order valence-corrected chi connectivity index (χ1v) is 5.92. The normalized spacial score (nSPS) is 11.4. The van der Waals surface area contributed by atoms with Crippen LogP contribution in [-0.4, -0.2) is 23.6 Å². The molecule has 0 spiro atoms. The number of hydrazone groups is 1. The van der Waals surface area contributed by atoms with E-state index in [1.807, 2.05) is 44.1 Å². The summed E-state index contributed by atoms with van der Waals surface area (Å²) in [5.41, 5.74) is 2.09. The van der Waals surface area contributed by atoms with Gasteiger partial charge in [-0.15, -0.1) is 0 Å². The summed E-state index contributed by atoms with van der Waals surface area (Å²) in [5, 5.41) is 6.26. The van der Waals surface area contributed by atoms with Crippen LogP contribution in [0.25, 0.3) is 0 Å². The van der Waals surface area contributed by atoms with Gasteiger partial charge in [0.25, 0.3) is 0 Å². The van der Waals surface area contributed by atoms with Crippen molar-refractivity contribution < 1.29 is 4.79 Å². The molecule has 17 heavy (non-hydrogen) atoms. The van der Waals surface area contributed by atoms with E-state index in [-0.39, 0.29) is 5.78 Å². The van der Waals surface area contributed by atoms with Crippen LogP contribution >= 0.6 is 0 Å². The third-order valence-corrected chi connectivity index (χ3v) is 2.44. The van der Waals surface area contributed by atoms with Crippen LogP contribution in [0.15, 0.2) is 35.4 Å². The second-order valence-corrected chi connectivity index (χ2v) is 4.21. The number of hydrogen-bond donors (Lipinski definition) is 0. The molecule has 1 aromatic carbocycles. The molecule has 1 rings (SSSR count). The summed E-state index contributed by atoms with van der Waals surface area (Å²) in [6.45, 7) is 4.54. The van der Waals surface area contributed by atoms with Crippen molar-refractivity contribution >= 4 is 11.5 Å². The van der Waals surface area contributed by atoms with Crippen LogP contribution in [0.4, 0.5) is 0 Å². The first-order chi connectivity index (χ1) is 8.11. The van der Waals surface area contributed by atoms with Crippen molar-refractivity contribution in [2.24, 2.45) is 5.10 Å². The molecule has 0 radical (unpaired) electrons.